The van der Waals surface area contributed by atoms with Gasteiger partial charge in [0.05, 0.1) is 6.54 Å². The minimum absolute atomic E-state index is 0.0936. The van der Waals surface area contributed by atoms with Crippen molar-refractivity contribution in [3.8, 4) is 0 Å². The molecule has 0 spiro atoms. The summed E-state index contributed by atoms with van der Waals surface area (Å²) in [5.74, 6) is 2.92. The number of rotatable bonds is 7. The Kier molecular flexibility index (Phi) is 4.53. The molecule has 26 heavy (non-hydrogen) atoms. The van der Waals surface area contributed by atoms with E-state index in [1.54, 1.807) is 10.4 Å². The Bertz CT molecular complexity index is 907. The predicted octanol–water partition coefficient (Wildman–Crippen LogP) is 4.68. The lowest BCUT2D eigenvalue weighted by Gasteiger charge is -2.18. The third kappa shape index (κ3) is 3.94. The van der Waals surface area contributed by atoms with Crippen molar-refractivity contribution in [2.24, 2.45) is 5.92 Å². The molecule has 2 unspecified atom stereocenters. The molecular formula is C21H25NO3S. The summed E-state index contributed by atoms with van der Waals surface area (Å²) in [6.45, 7) is 4.54. The van der Waals surface area contributed by atoms with E-state index in [4.69, 9.17) is 4.42 Å². The molecule has 138 valence electrons. The van der Waals surface area contributed by atoms with Gasteiger partial charge in [-0.15, -0.1) is 0 Å². The average molecular weight is 372 g/mol. The smallest absolute Gasteiger partial charge is 0.236 e. The first-order valence-electron chi connectivity index (χ1n) is 9.27. The first kappa shape index (κ1) is 17.6. The molecule has 0 radical (unpaired) electrons. The summed E-state index contributed by atoms with van der Waals surface area (Å²) in [5, 5.41) is 1.32. The standard InChI is InChI=1S/C21H25NO3S/c1-15-3-5-17(6-4-15)11-12-26(23,24)22(18-7-8-18)14-19-9-10-21(25-19)20-13-16(20)2/h3-6,9-12,16,18,20H,7-8,13-14H2,1-2H3. The molecule has 1 aromatic carbocycles. The fourth-order valence-electron chi connectivity index (χ4n) is 3.26. The third-order valence-corrected chi connectivity index (χ3v) is 6.82. The molecule has 2 saturated carbocycles. The molecule has 0 aliphatic heterocycles. The lowest BCUT2D eigenvalue weighted by atomic mass is 10.2. The van der Waals surface area contributed by atoms with E-state index >= 15 is 0 Å². The first-order valence-corrected chi connectivity index (χ1v) is 10.8. The SMILES string of the molecule is Cc1ccc(C=CS(=O)(=O)N(Cc2ccc(C3CC3C)o2)C2CC2)cc1. The lowest BCUT2D eigenvalue weighted by molar-refractivity contribution is 0.351. The van der Waals surface area contributed by atoms with Crippen molar-refractivity contribution in [2.45, 2.75) is 51.6 Å². The Labute approximate surface area is 155 Å². The zero-order chi connectivity index (χ0) is 18.3. The van der Waals surface area contributed by atoms with Gasteiger partial charge in [-0.1, -0.05) is 36.8 Å². The number of hydrogen-bond donors (Lipinski definition) is 0. The minimum atomic E-state index is -3.48. The molecule has 5 heteroatoms. The summed E-state index contributed by atoms with van der Waals surface area (Å²) < 4.78 is 33.2. The summed E-state index contributed by atoms with van der Waals surface area (Å²) in [6.07, 6.45) is 4.68. The third-order valence-electron chi connectivity index (χ3n) is 5.26. The summed E-state index contributed by atoms with van der Waals surface area (Å²) in [6, 6.07) is 11.8. The van der Waals surface area contributed by atoms with Crippen LogP contribution in [0, 0.1) is 12.8 Å². The van der Waals surface area contributed by atoms with E-state index in [1.165, 1.54) is 5.41 Å². The van der Waals surface area contributed by atoms with Crippen molar-refractivity contribution in [2.75, 3.05) is 0 Å². The Hall–Kier alpha value is -1.85. The van der Waals surface area contributed by atoms with Crippen molar-refractivity contribution in [3.05, 3.63) is 64.5 Å². The highest BCUT2D eigenvalue weighted by Gasteiger charge is 2.38. The van der Waals surface area contributed by atoms with Crippen LogP contribution in [0.5, 0.6) is 0 Å². The van der Waals surface area contributed by atoms with Gasteiger partial charge in [-0.2, -0.15) is 4.31 Å². The van der Waals surface area contributed by atoms with E-state index in [2.05, 4.69) is 6.92 Å². The van der Waals surface area contributed by atoms with Crippen LogP contribution >= 0.6 is 0 Å². The van der Waals surface area contributed by atoms with Gasteiger partial charge in [0, 0.05) is 17.4 Å². The van der Waals surface area contributed by atoms with Crippen molar-refractivity contribution in [1.29, 1.82) is 0 Å². The molecule has 1 aromatic heterocycles. The summed E-state index contributed by atoms with van der Waals surface area (Å²) >= 11 is 0. The molecule has 2 aliphatic carbocycles. The maximum absolute atomic E-state index is 12.9. The van der Waals surface area contributed by atoms with E-state index in [0.717, 1.165) is 41.9 Å². The number of nitrogens with zero attached hydrogens (tertiary/aromatic N) is 1. The summed E-state index contributed by atoms with van der Waals surface area (Å²) in [7, 11) is -3.48. The fraction of sp³-hybridized carbons (Fsp3) is 0.429. The Morgan fingerprint density at radius 2 is 1.85 bits per heavy atom. The van der Waals surface area contributed by atoms with Crippen LogP contribution in [-0.4, -0.2) is 18.8 Å². The average Bonchev–Trinajstić information content (AvgIpc) is 3.53. The van der Waals surface area contributed by atoms with Crippen LogP contribution in [0.2, 0.25) is 0 Å². The summed E-state index contributed by atoms with van der Waals surface area (Å²) in [4.78, 5) is 0. The zero-order valence-corrected chi connectivity index (χ0v) is 16.1. The van der Waals surface area contributed by atoms with Gasteiger partial charge in [-0.25, -0.2) is 8.42 Å². The fourth-order valence-corrected chi connectivity index (χ4v) is 4.68. The van der Waals surface area contributed by atoms with E-state index < -0.39 is 10.0 Å². The molecule has 0 amide bonds. The van der Waals surface area contributed by atoms with Gasteiger partial charge in [0.15, 0.2) is 0 Å². The highest BCUT2D eigenvalue weighted by Crippen LogP contribution is 2.47. The van der Waals surface area contributed by atoms with Gasteiger partial charge in [-0.3, -0.25) is 0 Å². The molecule has 0 bridgehead atoms. The second kappa shape index (κ2) is 6.71. The van der Waals surface area contributed by atoms with E-state index in [-0.39, 0.29) is 6.04 Å². The van der Waals surface area contributed by atoms with Gasteiger partial charge in [-0.05, 0) is 55.9 Å². The zero-order valence-electron chi connectivity index (χ0n) is 15.3. The van der Waals surface area contributed by atoms with E-state index in [0.29, 0.717) is 18.4 Å². The van der Waals surface area contributed by atoms with Crippen LogP contribution < -0.4 is 0 Å². The number of hydrogen-bond acceptors (Lipinski definition) is 3. The second-order valence-corrected chi connectivity index (χ2v) is 9.43. The van der Waals surface area contributed by atoms with Crippen LogP contribution in [0.1, 0.15) is 54.8 Å². The van der Waals surface area contributed by atoms with Crippen molar-refractivity contribution < 1.29 is 12.8 Å². The Morgan fingerprint density at radius 1 is 1.15 bits per heavy atom. The molecule has 4 nitrogen and oxygen atoms in total. The van der Waals surface area contributed by atoms with Crippen molar-refractivity contribution >= 4 is 16.1 Å². The first-order chi connectivity index (χ1) is 12.4. The lowest BCUT2D eigenvalue weighted by Crippen LogP contribution is -2.30. The largest absolute Gasteiger partial charge is 0.464 e. The van der Waals surface area contributed by atoms with Crippen LogP contribution in [0.25, 0.3) is 6.08 Å². The monoisotopic (exact) mass is 371 g/mol. The molecule has 2 aliphatic rings. The van der Waals surface area contributed by atoms with Crippen molar-refractivity contribution in [1.82, 2.24) is 4.31 Å². The quantitative estimate of drug-likeness (QED) is 0.710. The van der Waals surface area contributed by atoms with Crippen molar-refractivity contribution in [3.63, 3.8) is 0 Å². The molecule has 2 atom stereocenters. The maximum atomic E-state index is 12.9. The molecular weight excluding hydrogens is 346 g/mol. The number of aryl methyl sites for hydroxylation is 1. The van der Waals surface area contributed by atoms with Gasteiger partial charge < -0.3 is 4.42 Å². The van der Waals surface area contributed by atoms with Crippen LogP contribution in [0.3, 0.4) is 0 Å². The van der Waals surface area contributed by atoms with E-state index in [1.807, 2.05) is 43.3 Å². The number of furan rings is 1. The second-order valence-electron chi connectivity index (χ2n) is 7.66. The molecule has 0 saturated heterocycles. The van der Waals surface area contributed by atoms with Crippen LogP contribution in [0.4, 0.5) is 0 Å². The molecule has 0 N–H and O–H groups in total. The molecule has 4 rings (SSSR count). The van der Waals surface area contributed by atoms with Gasteiger partial charge in [0.1, 0.15) is 11.5 Å². The van der Waals surface area contributed by atoms with E-state index in [9.17, 15) is 8.42 Å². The van der Waals surface area contributed by atoms with Gasteiger partial charge >= 0.3 is 0 Å². The highest BCUT2D eigenvalue weighted by atomic mass is 32.2. The summed E-state index contributed by atoms with van der Waals surface area (Å²) in [5.41, 5.74) is 2.04. The van der Waals surface area contributed by atoms with Gasteiger partial charge in [0.2, 0.25) is 10.0 Å². The maximum Gasteiger partial charge on any atom is 0.236 e. The van der Waals surface area contributed by atoms with Gasteiger partial charge in [0.25, 0.3) is 0 Å². The van der Waals surface area contributed by atoms with Crippen LogP contribution in [0.15, 0.2) is 46.2 Å². The highest BCUT2D eigenvalue weighted by molar-refractivity contribution is 7.92. The number of benzene rings is 1. The molecule has 2 fully saturated rings. The minimum Gasteiger partial charge on any atom is -0.464 e. The number of sulfonamides is 1. The normalized spacial score (nSPS) is 23.0. The molecule has 1 heterocycles. The van der Waals surface area contributed by atoms with Crippen LogP contribution in [-0.2, 0) is 16.6 Å². The predicted molar refractivity (Wildman–Crippen MR) is 103 cm³/mol. The topological polar surface area (TPSA) is 50.5 Å². The Balaban J connectivity index is 1.49. The molecule has 2 aromatic rings. The Morgan fingerprint density at radius 3 is 2.46 bits per heavy atom.